The number of carbonyl (C=O) groups excluding carboxylic acids is 1. The van der Waals surface area contributed by atoms with Crippen LogP contribution in [-0.4, -0.2) is 10.5 Å². The Morgan fingerprint density at radius 1 is 0.897 bits per heavy atom. The summed E-state index contributed by atoms with van der Waals surface area (Å²) in [5.41, 5.74) is 4.36. The average molecular weight is 384 g/mol. The van der Waals surface area contributed by atoms with Crippen molar-refractivity contribution in [2.24, 2.45) is 0 Å². The molecule has 0 aliphatic heterocycles. The second-order valence-electron chi connectivity index (χ2n) is 6.85. The second kappa shape index (κ2) is 8.15. The molecule has 1 amide bonds. The maximum atomic E-state index is 14.6. The van der Waals surface area contributed by atoms with Crippen LogP contribution >= 0.6 is 0 Å². The first-order chi connectivity index (χ1) is 14.1. The lowest BCUT2D eigenvalue weighted by Gasteiger charge is -2.13. The third-order valence-corrected chi connectivity index (χ3v) is 4.95. The Balaban J connectivity index is 1.76. The molecule has 4 heteroatoms. The summed E-state index contributed by atoms with van der Waals surface area (Å²) in [7, 11) is 0. The van der Waals surface area contributed by atoms with E-state index in [1.165, 1.54) is 6.07 Å². The van der Waals surface area contributed by atoms with Gasteiger partial charge in [0, 0.05) is 12.2 Å². The predicted molar refractivity (Wildman–Crippen MR) is 114 cm³/mol. The van der Waals surface area contributed by atoms with Crippen molar-refractivity contribution in [3.05, 3.63) is 114 Å². The molecule has 3 nitrogen and oxygen atoms in total. The number of para-hydroxylation sites is 1. The molecule has 0 saturated carbocycles. The zero-order valence-corrected chi connectivity index (χ0v) is 16.1. The van der Waals surface area contributed by atoms with Crippen LogP contribution in [0.5, 0.6) is 0 Å². The summed E-state index contributed by atoms with van der Waals surface area (Å²) in [4.78, 5) is 12.9. The van der Waals surface area contributed by atoms with Crippen molar-refractivity contribution in [1.82, 2.24) is 9.88 Å². The molecule has 0 spiro atoms. The number of halogens is 1. The molecule has 0 aliphatic carbocycles. The summed E-state index contributed by atoms with van der Waals surface area (Å²) in [6.07, 6.45) is 0. The maximum absolute atomic E-state index is 14.6. The van der Waals surface area contributed by atoms with Crippen molar-refractivity contribution in [2.45, 2.75) is 13.5 Å². The summed E-state index contributed by atoms with van der Waals surface area (Å²) in [5, 5.41) is 2.97. The van der Waals surface area contributed by atoms with Crippen LogP contribution in [0.3, 0.4) is 0 Å². The van der Waals surface area contributed by atoms with Gasteiger partial charge in [-0.2, -0.15) is 0 Å². The second-order valence-corrected chi connectivity index (χ2v) is 6.85. The van der Waals surface area contributed by atoms with E-state index in [1.54, 1.807) is 18.2 Å². The number of nitrogens with one attached hydrogen (secondary N) is 1. The summed E-state index contributed by atoms with van der Waals surface area (Å²) < 4.78 is 16.4. The van der Waals surface area contributed by atoms with Crippen molar-refractivity contribution in [3.8, 4) is 16.9 Å². The number of amides is 1. The van der Waals surface area contributed by atoms with E-state index >= 15 is 0 Å². The maximum Gasteiger partial charge on any atom is 0.253 e. The molecule has 1 N–H and O–H groups in total. The third-order valence-electron chi connectivity index (χ3n) is 4.95. The normalized spacial score (nSPS) is 10.7. The van der Waals surface area contributed by atoms with Crippen molar-refractivity contribution in [2.75, 3.05) is 0 Å². The number of nitrogens with zero attached hydrogens (tertiary/aromatic N) is 1. The van der Waals surface area contributed by atoms with Gasteiger partial charge >= 0.3 is 0 Å². The SMILES string of the molecule is Cc1c(C(=O)NCc2ccccc2)cc(-c2ccccc2)n1-c1ccccc1F. The van der Waals surface area contributed by atoms with Gasteiger partial charge in [0.05, 0.1) is 16.9 Å². The van der Waals surface area contributed by atoms with Gasteiger partial charge in [-0.1, -0.05) is 72.8 Å². The molecule has 1 aromatic heterocycles. The van der Waals surface area contributed by atoms with Gasteiger partial charge in [0.25, 0.3) is 5.91 Å². The Hall–Kier alpha value is -3.66. The lowest BCUT2D eigenvalue weighted by molar-refractivity contribution is 0.0950. The molecule has 4 rings (SSSR count). The van der Waals surface area contributed by atoms with Crippen LogP contribution in [0.2, 0.25) is 0 Å². The van der Waals surface area contributed by atoms with Gasteiger partial charge < -0.3 is 9.88 Å². The highest BCUT2D eigenvalue weighted by molar-refractivity contribution is 5.97. The van der Waals surface area contributed by atoms with E-state index in [0.717, 1.165) is 16.8 Å². The predicted octanol–water partition coefficient (Wildman–Crippen LogP) is 5.52. The summed E-state index contributed by atoms with van der Waals surface area (Å²) >= 11 is 0. The van der Waals surface area contributed by atoms with Crippen molar-refractivity contribution < 1.29 is 9.18 Å². The monoisotopic (exact) mass is 384 g/mol. The minimum atomic E-state index is -0.334. The highest BCUT2D eigenvalue weighted by atomic mass is 19.1. The molecule has 0 atom stereocenters. The van der Waals surface area contributed by atoms with E-state index in [2.05, 4.69) is 5.32 Å². The largest absolute Gasteiger partial charge is 0.348 e. The average Bonchev–Trinajstić information content (AvgIpc) is 3.11. The Morgan fingerprint density at radius 2 is 1.52 bits per heavy atom. The molecule has 0 saturated heterocycles. The van der Waals surface area contributed by atoms with Gasteiger partial charge in [-0.25, -0.2) is 4.39 Å². The Labute approximate surface area is 169 Å². The van der Waals surface area contributed by atoms with Gasteiger partial charge in [-0.05, 0) is 36.2 Å². The van der Waals surface area contributed by atoms with Crippen LogP contribution in [0, 0.1) is 12.7 Å². The fourth-order valence-electron chi connectivity index (χ4n) is 3.47. The molecule has 1 heterocycles. The van der Waals surface area contributed by atoms with E-state index in [1.807, 2.05) is 78.2 Å². The van der Waals surface area contributed by atoms with Crippen molar-refractivity contribution in [1.29, 1.82) is 0 Å². The third kappa shape index (κ3) is 3.83. The van der Waals surface area contributed by atoms with Crippen molar-refractivity contribution in [3.63, 3.8) is 0 Å². The number of hydrogen-bond donors (Lipinski definition) is 1. The first kappa shape index (κ1) is 18.7. The van der Waals surface area contributed by atoms with Gasteiger partial charge in [0.15, 0.2) is 0 Å². The van der Waals surface area contributed by atoms with Crippen LogP contribution in [0.15, 0.2) is 91.0 Å². The molecule has 0 unspecified atom stereocenters. The van der Waals surface area contributed by atoms with E-state index in [-0.39, 0.29) is 11.7 Å². The van der Waals surface area contributed by atoms with Gasteiger partial charge in [-0.15, -0.1) is 0 Å². The summed E-state index contributed by atoms with van der Waals surface area (Å²) in [5.74, 6) is -0.516. The fraction of sp³-hybridized carbons (Fsp3) is 0.0800. The molecule has 29 heavy (non-hydrogen) atoms. The molecule has 0 fully saturated rings. The number of aromatic nitrogens is 1. The summed E-state index contributed by atoms with van der Waals surface area (Å²) in [6, 6.07) is 27.9. The van der Waals surface area contributed by atoms with Gasteiger partial charge in [0.2, 0.25) is 0 Å². The van der Waals surface area contributed by atoms with E-state index in [4.69, 9.17) is 0 Å². The molecule has 3 aromatic carbocycles. The van der Waals surface area contributed by atoms with Crippen LogP contribution in [0.4, 0.5) is 4.39 Å². The number of carbonyl (C=O) groups is 1. The molecule has 0 bridgehead atoms. The molecular formula is C25H21FN2O. The molecule has 4 aromatic rings. The van der Waals surface area contributed by atoms with Crippen LogP contribution in [0.1, 0.15) is 21.6 Å². The first-order valence-electron chi connectivity index (χ1n) is 9.50. The lowest BCUT2D eigenvalue weighted by Crippen LogP contribution is -2.23. The molecule has 0 radical (unpaired) electrons. The van der Waals surface area contributed by atoms with Crippen LogP contribution < -0.4 is 5.32 Å². The number of hydrogen-bond acceptors (Lipinski definition) is 1. The first-order valence-corrected chi connectivity index (χ1v) is 9.50. The molecule has 0 aliphatic rings. The highest BCUT2D eigenvalue weighted by Crippen LogP contribution is 2.30. The van der Waals surface area contributed by atoms with E-state index in [0.29, 0.717) is 23.5 Å². The van der Waals surface area contributed by atoms with Gasteiger partial charge in [0.1, 0.15) is 5.82 Å². The topological polar surface area (TPSA) is 34.0 Å². The molecule has 144 valence electrons. The van der Waals surface area contributed by atoms with Crippen molar-refractivity contribution >= 4 is 5.91 Å². The van der Waals surface area contributed by atoms with Gasteiger partial charge in [-0.3, -0.25) is 4.79 Å². The zero-order valence-electron chi connectivity index (χ0n) is 16.1. The van der Waals surface area contributed by atoms with E-state index in [9.17, 15) is 9.18 Å². The lowest BCUT2D eigenvalue weighted by atomic mass is 10.1. The standard InChI is InChI=1S/C25H21FN2O/c1-18-21(25(29)27-17-19-10-4-2-5-11-19)16-24(20-12-6-3-7-13-20)28(18)23-15-9-8-14-22(23)26/h2-16H,17H2,1H3,(H,27,29). The Bertz CT molecular complexity index is 1130. The Kier molecular flexibility index (Phi) is 5.25. The number of benzene rings is 3. The Morgan fingerprint density at radius 3 is 2.21 bits per heavy atom. The van der Waals surface area contributed by atoms with Crippen LogP contribution in [0.25, 0.3) is 16.9 Å². The minimum Gasteiger partial charge on any atom is -0.348 e. The fourth-order valence-corrected chi connectivity index (χ4v) is 3.47. The molecular weight excluding hydrogens is 363 g/mol. The smallest absolute Gasteiger partial charge is 0.253 e. The van der Waals surface area contributed by atoms with E-state index < -0.39 is 0 Å². The minimum absolute atomic E-state index is 0.182. The number of rotatable bonds is 5. The quantitative estimate of drug-likeness (QED) is 0.483. The summed E-state index contributed by atoms with van der Waals surface area (Å²) in [6.45, 7) is 2.28. The van der Waals surface area contributed by atoms with Crippen LogP contribution in [-0.2, 0) is 6.54 Å². The zero-order chi connectivity index (χ0) is 20.2. The highest BCUT2D eigenvalue weighted by Gasteiger charge is 2.20.